The number of hydrogen-bond donors (Lipinski definition) is 1. The fourth-order valence-corrected chi connectivity index (χ4v) is 3.30. The van der Waals surface area contributed by atoms with Crippen LogP contribution >= 0.6 is 0 Å². The van der Waals surface area contributed by atoms with Crippen molar-refractivity contribution in [3.63, 3.8) is 0 Å². The predicted molar refractivity (Wildman–Crippen MR) is 105 cm³/mol. The quantitative estimate of drug-likeness (QED) is 0.891. The Labute approximate surface area is 150 Å². The number of nitrogens with zero attached hydrogens (tertiary/aromatic N) is 2. The minimum Gasteiger partial charge on any atom is -0.374 e. The lowest BCUT2D eigenvalue weighted by Gasteiger charge is -2.29. The third kappa shape index (κ3) is 4.32. The number of hydrogen-bond acceptors (Lipinski definition) is 3. The standard InChI is InChI=1S/C21H27N3O/c1-17(21(25)23(2)19-9-5-3-6-10-19)22-18-11-13-20(14-12-18)24-15-7-4-8-16-24/h3,5-6,9-14,17,22H,4,7-8,15-16H2,1-2H3/t17-/m1/s1. The second kappa shape index (κ2) is 8.06. The highest BCUT2D eigenvalue weighted by atomic mass is 16.2. The number of benzene rings is 2. The van der Waals surface area contributed by atoms with Crippen molar-refractivity contribution in [2.45, 2.75) is 32.2 Å². The van der Waals surface area contributed by atoms with Gasteiger partial charge < -0.3 is 15.1 Å². The van der Waals surface area contributed by atoms with Gasteiger partial charge in [0.25, 0.3) is 0 Å². The maximum Gasteiger partial charge on any atom is 0.248 e. The Morgan fingerprint density at radius 1 is 1.00 bits per heavy atom. The predicted octanol–water partition coefficient (Wildman–Crippen LogP) is 4.14. The molecule has 1 fully saturated rings. The van der Waals surface area contributed by atoms with E-state index in [1.165, 1.54) is 24.9 Å². The van der Waals surface area contributed by atoms with Crippen LogP contribution in [0.4, 0.5) is 17.1 Å². The molecule has 0 aromatic heterocycles. The van der Waals surface area contributed by atoms with Gasteiger partial charge >= 0.3 is 0 Å². The number of piperidine rings is 1. The molecule has 0 bridgehead atoms. The van der Waals surface area contributed by atoms with Crippen LogP contribution in [-0.4, -0.2) is 32.1 Å². The number of likely N-dealkylation sites (N-methyl/N-ethyl adjacent to an activating group) is 1. The summed E-state index contributed by atoms with van der Waals surface area (Å²) in [6.45, 7) is 4.19. The third-order valence-corrected chi connectivity index (χ3v) is 4.82. The number of amides is 1. The van der Waals surface area contributed by atoms with Gasteiger partial charge in [0.1, 0.15) is 6.04 Å². The molecule has 0 radical (unpaired) electrons. The molecule has 0 saturated carbocycles. The molecule has 2 aromatic carbocycles. The molecule has 25 heavy (non-hydrogen) atoms. The number of anilines is 3. The lowest BCUT2D eigenvalue weighted by atomic mass is 10.1. The molecule has 1 aliphatic rings. The van der Waals surface area contributed by atoms with Gasteiger partial charge in [-0.05, 0) is 62.6 Å². The van der Waals surface area contributed by atoms with Crippen molar-refractivity contribution in [1.29, 1.82) is 0 Å². The van der Waals surface area contributed by atoms with Crippen LogP contribution in [0.1, 0.15) is 26.2 Å². The molecule has 0 spiro atoms. The Morgan fingerprint density at radius 2 is 1.64 bits per heavy atom. The average Bonchev–Trinajstić information content (AvgIpc) is 2.68. The number of carbonyl (C=O) groups excluding carboxylic acids is 1. The van der Waals surface area contributed by atoms with Gasteiger partial charge in [0.15, 0.2) is 0 Å². The van der Waals surface area contributed by atoms with Gasteiger partial charge in [-0.15, -0.1) is 0 Å². The smallest absolute Gasteiger partial charge is 0.248 e. The molecule has 1 N–H and O–H groups in total. The van der Waals surface area contributed by atoms with Crippen LogP contribution in [0, 0.1) is 0 Å². The molecule has 132 valence electrons. The molecule has 3 rings (SSSR count). The van der Waals surface area contributed by atoms with Crippen LogP contribution in [0.5, 0.6) is 0 Å². The number of rotatable bonds is 5. The van der Waals surface area contributed by atoms with Crippen LogP contribution in [0.15, 0.2) is 54.6 Å². The summed E-state index contributed by atoms with van der Waals surface area (Å²) in [6.07, 6.45) is 3.89. The van der Waals surface area contributed by atoms with Gasteiger partial charge in [0.2, 0.25) is 5.91 Å². The van der Waals surface area contributed by atoms with Gasteiger partial charge in [0, 0.05) is 37.2 Å². The van der Waals surface area contributed by atoms with Gasteiger partial charge in [-0.3, -0.25) is 4.79 Å². The third-order valence-electron chi connectivity index (χ3n) is 4.82. The fourth-order valence-electron chi connectivity index (χ4n) is 3.30. The molecule has 4 nitrogen and oxygen atoms in total. The topological polar surface area (TPSA) is 35.6 Å². The first kappa shape index (κ1) is 17.3. The SMILES string of the molecule is C[C@@H](Nc1ccc(N2CCCCC2)cc1)C(=O)N(C)c1ccccc1. The highest BCUT2D eigenvalue weighted by Gasteiger charge is 2.18. The number of carbonyl (C=O) groups is 1. The summed E-state index contributed by atoms with van der Waals surface area (Å²) >= 11 is 0. The van der Waals surface area contributed by atoms with Gasteiger partial charge in [-0.1, -0.05) is 18.2 Å². The first-order chi connectivity index (χ1) is 12.1. The number of para-hydroxylation sites is 1. The molecule has 0 aliphatic carbocycles. The van der Waals surface area contributed by atoms with E-state index in [-0.39, 0.29) is 11.9 Å². The highest BCUT2D eigenvalue weighted by molar-refractivity contribution is 5.98. The first-order valence-corrected chi connectivity index (χ1v) is 9.09. The minimum atomic E-state index is -0.286. The zero-order valence-corrected chi connectivity index (χ0v) is 15.1. The van der Waals surface area contributed by atoms with Crippen molar-refractivity contribution in [1.82, 2.24) is 0 Å². The van der Waals surface area contributed by atoms with E-state index in [0.29, 0.717) is 0 Å². The van der Waals surface area contributed by atoms with Crippen molar-refractivity contribution >= 4 is 23.0 Å². The van der Waals surface area contributed by atoms with E-state index in [1.807, 2.05) is 44.3 Å². The molecule has 1 heterocycles. The maximum atomic E-state index is 12.6. The van der Waals surface area contributed by atoms with Gasteiger partial charge in [-0.25, -0.2) is 0 Å². The Kier molecular flexibility index (Phi) is 5.59. The highest BCUT2D eigenvalue weighted by Crippen LogP contribution is 2.22. The Morgan fingerprint density at radius 3 is 2.28 bits per heavy atom. The average molecular weight is 337 g/mol. The zero-order valence-electron chi connectivity index (χ0n) is 15.1. The summed E-state index contributed by atoms with van der Waals surface area (Å²) in [4.78, 5) is 16.7. The van der Waals surface area contributed by atoms with Crippen LogP contribution in [0.2, 0.25) is 0 Å². The van der Waals surface area contributed by atoms with Crippen molar-refractivity contribution in [3.8, 4) is 0 Å². The molecule has 1 aliphatic heterocycles. The van der Waals surface area contributed by atoms with E-state index < -0.39 is 0 Å². The summed E-state index contributed by atoms with van der Waals surface area (Å²) in [7, 11) is 1.81. The minimum absolute atomic E-state index is 0.0475. The summed E-state index contributed by atoms with van der Waals surface area (Å²) < 4.78 is 0. The van der Waals surface area contributed by atoms with Gasteiger partial charge in [0.05, 0.1) is 0 Å². The Bertz CT molecular complexity index is 678. The van der Waals surface area contributed by atoms with Crippen LogP contribution in [0.25, 0.3) is 0 Å². The van der Waals surface area contributed by atoms with Crippen LogP contribution in [-0.2, 0) is 4.79 Å². The normalized spacial score (nSPS) is 15.5. The van der Waals surface area contributed by atoms with E-state index in [1.54, 1.807) is 4.90 Å². The molecule has 4 heteroatoms. The summed E-state index contributed by atoms with van der Waals surface area (Å²) in [5.41, 5.74) is 3.15. The number of nitrogens with one attached hydrogen (secondary N) is 1. The van der Waals surface area contributed by atoms with Crippen LogP contribution in [0.3, 0.4) is 0 Å². The second-order valence-electron chi connectivity index (χ2n) is 6.69. The van der Waals surface area contributed by atoms with E-state index >= 15 is 0 Å². The summed E-state index contributed by atoms with van der Waals surface area (Å²) in [5, 5.41) is 3.31. The molecular weight excluding hydrogens is 310 g/mol. The van der Waals surface area contributed by atoms with Gasteiger partial charge in [-0.2, -0.15) is 0 Å². The van der Waals surface area contributed by atoms with Crippen molar-refractivity contribution < 1.29 is 4.79 Å². The molecule has 1 amide bonds. The zero-order chi connectivity index (χ0) is 17.6. The van der Waals surface area contributed by atoms with E-state index in [9.17, 15) is 4.79 Å². The van der Waals surface area contributed by atoms with Crippen molar-refractivity contribution in [2.75, 3.05) is 35.3 Å². The summed E-state index contributed by atoms with van der Waals surface area (Å²) in [6, 6.07) is 17.9. The summed E-state index contributed by atoms with van der Waals surface area (Å²) in [5.74, 6) is 0.0475. The molecular formula is C21H27N3O. The molecule has 1 saturated heterocycles. The van der Waals surface area contributed by atoms with E-state index in [0.717, 1.165) is 24.5 Å². The second-order valence-corrected chi connectivity index (χ2v) is 6.69. The Hall–Kier alpha value is -2.49. The first-order valence-electron chi connectivity index (χ1n) is 9.09. The Balaban J connectivity index is 1.60. The largest absolute Gasteiger partial charge is 0.374 e. The van der Waals surface area contributed by atoms with E-state index in [4.69, 9.17) is 0 Å². The molecule has 1 atom stereocenters. The lowest BCUT2D eigenvalue weighted by Crippen LogP contribution is -2.39. The lowest BCUT2D eigenvalue weighted by molar-refractivity contribution is -0.118. The van der Waals surface area contributed by atoms with Crippen LogP contribution < -0.4 is 15.1 Å². The monoisotopic (exact) mass is 337 g/mol. The van der Waals surface area contributed by atoms with Crippen molar-refractivity contribution in [2.24, 2.45) is 0 Å². The maximum absolute atomic E-state index is 12.6. The fraction of sp³-hybridized carbons (Fsp3) is 0.381. The molecule has 0 unspecified atom stereocenters. The molecule has 2 aromatic rings. The van der Waals surface area contributed by atoms with Crippen molar-refractivity contribution in [3.05, 3.63) is 54.6 Å². The van der Waals surface area contributed by atoms with E-state index in [2.05, 4.69) is 34.5 Å².